The molecule has 0 aromatic rings. The van der Waals surface area contributed by atoms with Crippen molar-refractivity contribution >= 4 is 23.1 Å². The Morgan fingerprint density at radius 2 is 1.23 bits per heavy atom. The lowest BCUT2D eigenvalue weighted by atomic mass is 10.2. The van der Waals surface area contributed by atoms with Gasteiger partial charge in [0.05, 0.1) is 5.92 Å². The van der Waals surface area contributed by atoms with Gasteiger partial charge in [-0.15, -0.1) is 0 Å². The molecular formula is C19H42O5Si2. The Hall–Kier alpha value is -0.216. The molecule has 156 valence electrons. The third-order valence-corrected chi connectivity index (χ3v) is 15.0. The molecule has 0 aromatic carbocycles. The van der Waals surface area contributed by atoms with E-state index in [-0.39, 0.29) is 11.9 Å². The Labute approximate surface area is 163 Å². The van der Waals surface area contributed by atoms with Crippen LogP contribution in [0.2, 0.25) is 23.2 Å². The molecule has 0 N–H and O–H groups in total. The highest BCUT2D eigenvalue weighted by Gasteiger charge is 2.49. The summed E-state index contributed by atoms with van der Waals surface area (Å²) in [5.41, 5.74) is 0.871. The molecule has 0 radical (unpaired) electrons. The zero-order chi connectivity index (χ0) is 20.5. The van der Waals surface area contributed by atoms with E-state index in [1.807, 2.05) is 6.92 Å². The minimum Gasteiger partial charge on any atom is -0.518 e. The number of hydrogen-bond acceptors (Lipinski definition) is 5. The monoisotopic (exact) mass is 406 g/mol. The summed E-state index contributed by atoms with van der Waals surface area (Å²) in [7, 11) is -0.330. The molecule has 5 nitrogen and oxygen atoms in total. The van der Waals surface area contributed by atoms with Crippen molar-refractivity contribution in [2.24, 2.45) is 11.8 Å². The Balaban J connectivity index is 5.57. The lowest BCUT2D eigenvalue weighted by Gasteiger charge is -2.42. The van der Waals surface area contributed by atoms with Crippen molar-refractivity contribution in [2.45, 2.75) is 84.5 Å². The van der Waals surface area contributed by atoms with Gasteiger partial charge in [-0.1, -0.05) is 61.3 Å². The first-order valence-electron chi connectivity index (χ1n) is 9.96. The Bertz CT molecular complexity index is 394. The molecule has 0 saturated heterocycles. The van der Waals surface area contributed by atoms with Crippen molar-refractivity contribution in [3.8, 4) is 0 Å². The second-order valence-electron chi connectivity index (χ2n) is 7.99. The number of rotatable bonds is 13. The van der Waals surface area contributed by atoms with Gasteiger partial charge in [0.1, 0.15) is 0 Å². The maximum atomic E-state index is 13.1. The van der Waals surface area contributed by atoms with Gasteiger partial charge in [-0.25, -0.2) is 0 Å². The zero-order valence-electron chi connectivity index (χ0n) is 18.7. The van der Waals surface area contributed by atoms with Gasteiger partial charge >= 0.3 is 8.80 Å². The van der Waals surface area contributed by atoms with Crippen molar-refractivity contribution in [1.82, 2.24) is 0 Å². The normalized spacial score (nSPS) is 18.3. The van der Waals surface area contributed by atoms with Gasteiger partial charge in [0.15, 0.2) is 0 Å². The molecule has 0 spiro atoms. The van der Waals surface area contributed by atoms with E-state index in [1.165, 1.54) is 0 Å². The van der Waals surface area contributed by atoms with Crippen LogP contribution in [-0.4, -0.2) is 44.4 Å². The van der Waals surface area contributed by atoms with E-state index in [1.54, 1.807) is 21.3 Å². The van der Waals surface area contributed by atoms with Gasteiger partial charge in [-0.05, 0) is 23.0 Å². The van der Waals surface area contributed by atoms with Crippen LogP contribution < -0.4 is 0 Å². The molecule has 3 atom stereocenters. The minimum absolute atomic E-state index is 0.124. The van der Waals surface area contributed by atoms with Crippen molar-refractivity contribution in [3.63, 3.8) is 0 Å². The average Bonchev–Trinajstić information content (AvgIpc) is 2.63. The summed E-state index contributed by atoms with van der Waals surface area (Å²) in [6.07, 6.45) is 2.08. The average molecular weight is 407 g/mol. The Morgan fingerprint density at radius 3 is 1.54 bits per heavy atom. The fourth-order valence-corrected chi connectivity index (χ4v) is 11.1. The lowest BCUT2D eigenvalue weighted by Crippen LogP contribution is -2.51. The largest absolute Gasteiger partial charge is 0.518 e. The van der Waals surface area contributed by atoms with Crippen molar-refractivity contribution in [3.05, 3.63) is 0 Å². The van der Waals surface area contributed by atoms with E-state index in [0.717, 1.165) is 18.9 Å². The molecule has 0 aliphatic carbocycles. The van der Waals surface area contributed by atoms with Crippen LogP contribution in [-0.2, 0) is 22.5 Å². The van der Waals surface area contributed by atoms with Crippen LogP contribution in [0.3, 0.4) is 0 Å². The van der Waals surface area contributed by atoms with Gasteiger partial charge in [0.2, 0.25) is 0 Å². The van der Waals surface area contributed by atoms with E-state index >= 15 is 0 Å². The van der Waals surface area contributed by atoms with Gasteiger partial charge in [-0.3, -0.25) is 4.79 Å². The molecule has 26 heavy (non-hydrogen) atoms. The lowest BCUT2D eigenvalue weighted by molar-refractivity contribution is -0.139. The molecule has 7 heteroatoms. The third-order valence-electron chi connectivity index (χ3n) is 5.80. The molecule has 0 saturated carbocycles. The van der Waals surface area contributed by atoms with Gasteiger partial charge in [0.25, 0.3) is 14.3 Å². The molecule has 0 fully saturated rings. The fraction of sp³-hybridized carbons (Fsp3) is 0.947. The number of hydrogen-bond donors (Lipinski definition) is 0. The van der Waals surface area contributed by atoms with Crippen molar-refractivity contribution in [1.29, 1.82) is 0 Å². The second kappa shape index (κ2) is 11.6. The summed E-state index contributed by atoms with van der Waals surface area (Å²) in [6, 6.07) is 1.44. The molecule has 0 aliphatic rings. The first-order chi connectivity index (χ1) is 12.1. The first kappa shape index (κ1) is 25.8. The van der Waals surface area contributed by atoms with Gasteiger partial charge in [-0.2, -0.15) is 0 Å². The quantitative estimate of drug-likeness (QED) is 0.391. The fourth-order valence-electron chi connectivity index (χ4n) is 3.71. The Morgan fingerprint density at radius 1 is 0.808 bits per heavy atom. The first-order valence-corrected chi connectivity index (χ1v) is 14.2. The van der Waals surface area contributed by atoms with Crippen LogP contribution in [0.1, 0.15) is 61.3 Å². The van der Waals surface area contributed by atoms with E-state index < -0.39 is 17.1 Å². The van der Waals surface area contributed by atoms with E-state index in [9.17, 15) is 4.79 Å². The maximum Gasteiger partial charge on any atom is 0.501 e. The van der Waals surface area contributed by atoms with Crippen LogP contribution in [0, 0.1) is 11.8 Å². The maximum absolute atomic E-state index is 13.1. The van der Waals surface area contributed by atoms with Crippen LogP contribution in [0.4, 0.5) is 0 Å². The third kappa shape index (κ3) is 6.44. The minimum atomic E-state index is -2.81. The summed E-state index contributed by atoms with van der Waals surface area (Å²) < 4.78 is 22.9. The standard InChI is InChI=1S/C19H42O5Si2/c1-11-17(6)25(13-15(3)4,18(7)12-2)24-19(20)16(5)14-26(21-8,22-9)23-10/h15-18H,11-14H2,1-10H3. The molecule has 0 heterocycles. The van der Waals surface area contributed by atoms with E-state index in [2.05, 4.69) is 41.5 Å². The number of carbonyl (C=O) groups excluding carboxylic acids is 1. The summed E-state index contributed by atoms with van der Waals surface area (Å²) >= 11 is 0. The molecule has 0 bridgehead atoms. The highest BCUT2D eigenvalue weighted by Crippen LogP contribution is 2.43. The predicted octanol–water partition coefficient (Wildman–Crippen LogP) is 5.25. The highest BCUT2D eigenvalue weighted by molar-refractivity contribution is 6.78. The Kier molecular flexibility index (Phi) is 11.5. The highest BCUT2D eigenvalue weighted by atomic mass is 28.4. The molecule has 0 aliphatic heterocycles. The molecule has 3 unspecified atom stereocenters. The van der Waals surface area contributed by atoms with Crippen LogP contribution in [0.5, 0.6) is 0 Å². The van der Waals surface area contributed by atoms with E-state index in [0.29, 0.717) is 23.0 Å². The summed E-state index contributed by atoms with van der Waals surface area (Å²) in [5.74, 6) is 0.0766. The second-order valence-corrected chi connectivity index (χ2v) is 15.5. The molecule has 0 aromatic heterocycles. The number of carbonyl (C=O) groups is 1. The predicted molar refractivity (Wildman–Crippen MR) is 112 cm³/mol. The van der Waals surface area contributed by atoms with Crippen molar-refractivity contribution in [2.75, 3.05) is 21.3 Å². The summed E-state index contributed by atoms with van der Waals surface area (Å²) in [5, 5.41) is 0. The molecule has 0 rings (SSSR count). The SMILES string of the molecule is CCC(C)[Si](CC(C)C)(OC(=O)C(C)C[Si](OC)(OC)OC)C(C)CC. The zero-order valence-corrected chi connectivity index (χ0v) is 20.7. The van der Waals surface area contributed by atoms with Crippen molar-refractivity contribution < 1.29 is 22.5 Å². The summed E-state index contributed by atoms with van der Waals surface area (Å²) in [4.78, 5) is 13.1. The van der Waals surface area contributed by atoms with Crippen LogP contribution in [0.25, 0.3) is 0 Å². The smallest absolute Gasteiger partial charge is 0.501 e. The van der Waals surface area contributed by atoms with Crippen LogP contribution in [0.15, 0.2) is 0 Å². The van der Waals surface area contributed by atoms with Gasteiger partial charge in [0, 0.05) is 27.4 Å². The van der Waals surface area contributed by atoms with E-state index in [4.69, 9.17) is 17.7 Å². The molecule has 0 amide bonds. The van der Waals surface area contributed by atoms with Gasteiger partial charge < -0.3 is 17.7 Å². The molecular weight excluding hydrogens is 364 g/mol. The summed E-state index contributed by atoms with van der Waals surface area (Å²) in [6.45, 7) is 15.3. The van der Waals surface area contributed by atoms with Crippen LogP contribution >= 0.6 is 0 Å². The topological polar surface area (TPSA) is 54.0 Å².